The minimum Gasteiger partial charge on any atom is -0.289 e. The Kier molecular flexibility index (Phi) is 8.89. The van der Waals surface area contributed by atoms with Crippen LogP contribution in [-0.4, -0.2) is 23.5 Å². The van der Waals surface area contributed by atoms with Crippen LogP contribution < -0.4 is 0 Å². The molecule has 1 nitrogen and oxygen atoms in total. The molecule has 0 bridgehead atoms. The van der Waals surface area contributed by atoms with Crippen LogP contribution in [0.15, 0.2) is 23.3 Å². The quantitative estimate of drug-likeness (QED) is 0.466. The predicted molar refractivity (Wildman–Crippen MR) is 75.4 cm³/mol. The molecular formula is C14H21F3OS. The van der Waals surface area contributed by atoms with E-state index in [0.717, 1.165) is 24.6 Å². The molecule has 0 amide bonds. The lowest BCUT2D eigenvalue weighted by Crippen LogP contribution is -2.24. The highest BCUT2D eigenvalue weighted by atomic mass is 32.2. The molecule has 0 atom stereocenters. The Morgan fingerprint density at radius 1 is 1.11 bits per heavy atom. The lowest BCUT2D eigenvalue weighted by atomic mass is 10.1. The smallest absolute Gasteiger partial charge is 0.289 e. The standard InChI is InChI=1S/C14H21F3OS/c1-11(2)6-4-7-12(3)8-5-9-19-10-13(18)14(15,16)17/h6,8H,4-5,7,9-10H2,1-3H3/b12-8-. The summed E-state index contributed by atoms with van der Waals surface area (Å²) < 4.78 is 35.7. The van der Waals surface area contributed by atoms with Crippen molar-refractivity contribution in [1.29, 1.82) is 0 Å². The van der Waals surface area contributed by atoms with Crippen molar-refractivity contribution in [3.63, 3.8) is 0 Å². The number of halogens is 3. The zero-order valence-corrected chi connectivity index (χ0v) is 12.5. The molecule has 0 aliphatic heterocycles. The van der Waals surface area contributed by atoms with Crippen molar-refractivity contribution in [2.75, 3.05) is 11.5 Å². The van der Waals surface area contributed by atoms with Crippen LogP contribution in [0.5, 0.6) is 0 Å². The first kappa shape index (κ1) is 18.3. The average molecular weight is 294 g/mol. The van der Waals surface area contributed by atoms with E-state index in [1.807, 2.05) is 26.8 Å². The van der Waals surface area contributed by atoms with Crippen molar-refractivity contribution >= 4 is 17.5 Å². The van der Waals surface area contributed by atoms with Crippen LogP contribution in [0.3, 0.4) is 0 Å². The third-order valence-electron chi connectivity index (χ3n) is 2.40. The van der Waals surface area contributed by atoms with Crippen molar-refractivity contribution in [3.05, 3.63) is 23.3 Å². The molecule has 0 N–H and O–H groups in total. The van der Waals surface area contributed by atoms with E-state index in [4.69, 9.17) is 0 Å². The monoisotopic (exact) mass is 294 g/mol. The molecule has 0 aliphatic rings. The minimum atomic E-state index is -4.69. The number of hydrogen-bond donors (Lipinski definition) is 0. The number of rotatable bonds is 8. The van der Waals surface area contributed by atoms with Crippen LogP contribution in [-0.2, 0) is 4.79 Å². The first-order chi connectivity index (χ1) is 8.73. The van der Waals surface area contributed by atoms with Crippen LogP contribution >= 0.6 is 11.8 Å². The van der Waals surface area contributed by atoms with Gasteiger partial charge in [-0.3, -0.25) is 4.79 Å². The van der Waals surface area contributed by atoms with Crippen molar-refractivity contribution in [2.45, 2.75) is 46.2 Å². The van der Waals surface area contributed by atoms with Crippen molar-refractivity contribution in [1.82, 2.24) is 0 Å². The maximum Gasteiger partial charge on any atom is 0.450 e. The first-order valence-electron chi connectivity index (χ1n) is 6.20. The van der Waals surface area contributed by atoms with Gasteiger partial charge < -0.3 is 0 Å². The highest BCUT2D eigenvalue weighted by molar-refractivity contribution is 7.99. The summed E-state index contributed by atoms with van der Waals surface area (Å²) >= 11 is 1.03. The number of Topliss-reactive ketones (excluding diaryl/α,β-unsaturated/α-hetero) is 1. The summed E-state index contributed by atoms with van der Waals surface area (Å²) in [7, 11) is 0. The third-order valence-corrected chi connectivity index (χ3v) is 3.39. The molecule has 0 heterocycles. The fraction of sp³-hybridized carbons (Fsp3) is 0.643. The molecule has 0 aromatic carbocycles. The molecule has 0 spiro atoms. The van der Waals surface area contributed by atoms with Gasteiger partial charge in [-0.2, -0.15) is 24.9 Å². The van der Waals surface area contributed by atoms with Gasteiger partial charge in [0.15, 0.2) is 0 Å². The molecule has 0 fully saturated rings. The number of carbonyl (C=O) groups is 1. The topological polar surface area (TPSA) is 17.1 Å². The Balaban J connectivity index is 3.73. The SMILES string of the molecule is CC(C)=CCC/C(C)=C\CCSCC(=O)C(F)(F)F. The van der Waals surface area contributed by atoms with E-state index < -0.39 is 17.7 Å². The van der Waals surface area contributed by atoms with E-state index >= 15 is 0 Å². The summed E-state index contributed by atoms with van der Waals surface area (Å²) in [4.78, 5) is 10.6. The van der Waals surface area contributed by atoms with E-state index in [9.17, 15) is 18.0 Å². The summed E-state index contributed by atoms with van der Waals surface area (Å²) in [6, 6.07) is 0. The molecule has 19 heavy (non-hydrogen) atoms. The molecule has 0 unspecified atom stereocenters. The first-order valence-corrected chi connectivity index (χ1v) is 7.35. The van der Waals surface area contributed by atoms with E-state index in [-0.39, 0.29) is 0 Å². The average Bonchev–Trinajstić information content (AvgIpc) is 2.26. The van der Waals surface area contributed by atoms with Gasteiger partial charge in [-0.1, -0.05) is 23.3 Å². The van der Waals surface area contributed by atoms with Gasteiger partial charge in [0.2, 0.25) is 5.78 Å². The van der Waals surface area contributed by atoms with Crippen molar-refractivity contribution in [2.24, 2.45) is 0 Å². The maximum absolute atomic E-state index is 11.9. The van der Waals surface area contributed by atoms with Crippen LogP contribution in [0, 0.1) is 0 Å². The number of ketones is 1. The summed E-state index contributed by atoms with van der Waals surface area (Å²) in [5, 5.41) is 0. The van der Waals surface area contributed by atoms with E-state index in [2.05, 4.69) is 6.08 Å². The van der Waals surface area contributed by atoms with Gasteiger partial charge in [-0.15, -0.1) is 0 Å². The van der Waals surface area contributed by atoms with Gasteiger partial charge in [0.25, 0.3) is 0 Å². The van der Waals surface area contributed by atoms with Gasteiger partial charge in [-0.05, 0) is 45.8 Å². The fourth-order valence-corrected chi connectivity index (χ4v) is 2.10. The Morgan fingerprint density at radius 3 is 2.26 bits per heavy atom. The molecule has 5 heteroatoms. The molecule has 0 rings (SSSR count). The molecule has 110 valence electrons. The van der Waals surface area contributed by atoms with Gasteiger partial charge >= 0.3 is 6.18 Å². The second kappa shape index (κ2) is 9.23. The van der Waals surface area contributed by atoms with E-state index in [1.54, 1.807) is 0 Å². The number of allylic oxidation sites excluding steroid dienone is 4. The van der Waals surface area contributed by atoms with E-state index in [1.165, 1.54) is 11.1 Å². The Bertz CT molecular complexity index is 339. The van der Waals surface area contributed by atoms with E-state index in [0.29, 0.717) is 12.2 Å². The molecule has 0 aromatic rings. The second-order valence-corrected chi connectivity index (χ2v) is 5.74. The van der Waals surface area contributed by atoms with Gasteiger partial charge in [-0.25, -0.2) is 0 Å². The molecular weight excluding hydrogens is 273 g/mol. The molecule has 0 aromatic heterocycles. The predicted octanol–water partition coefficient (Wildman–Crippen LogP) is 4.93. The summed E-state index contributed by atoms with van der Waals surface area (Å²) in [5.74, 6) is -1.59. The van der Waals surface area contributed by atoms with Crippen LogP contribution in [0.25, 0.3) is 0 Å². The minimum absolute atomic E-state index is 0.478. The number of thioether (sulfide) groups is 1. The molecule has 0 saturated heterocycles. The highest BCUT2D eigenvalue weighted by Gasteiger charge is 2.37. The van der Waals surface area contributed by atoms with Crippen LogP contribution in [0.1, 0.15) is 40.0 Å². The Morgan fingerprint density at radius 2 is 1.74 bits per heavy atom. The Hall–Kier alpha value is -0.710. The Labute approximate surface area is 117 Å². The summed E-state index contributed by atoms with van der Waals surface area (Å²) in [6.45, 7) is 6.12. The molecule has 0 aliphatic carbocycles. The largest absolute Gasteiger partial charge is 0.450 e. The van der Waals surface area contributed by atoms with Gasteiger partial charge in [0, 0.05) is 0 Å². The maximum atomic E-state index is 11.9. The number of hydrogen-bond acceptors (Lipinski definition) is 2. The molecule has 0 saturated carbocycles. The number of alkyl halides is 3. The van der Waals surface area contributed by atoms with Gasteiger partial charge in [0.05, 0.1) is 5.75 Å². The van der Waals surface area contributed by atoms with Crippen molar-refractivity contribution < 1.29 is 18.0 Å². The third kappa shape index (κ3) is 10.9. The lowest BCUT2D eigenvalue weighted by molar-refractivity contribution is -0.167. The second-order valence-electron chi connectivity index (χ2n) is 4.63. The fourth-order valence-electron chi connectivity index (χ4n) is 1.33. The number of carbonyl (C=O) groups excluding carboxylic acids is 1. The van der Waals surface area contributed by atoms with Crippen molar-refractivity contribution in [3.8, 4) is 0 Å². The van der Waals surface area contributed by atoms with Crippen LogP contribution in [0.2, 0.25) is 0 Å². The van der Waals surface area contributed by atoms with Gasteiger partial charge in [0.1, 0.15) is 0 Å². The summed E-state index contributed by atoms with van der Waals surface area (Å²) in [5.41, 5.74) is 2.52. The molecule has 0 radical (unpaired) electrons. The zero-order chi connectivity index (χ0) is 14.9. The highest BCUT2D eigenvalue weighted by Crippen LogP contribution is 2.19. The van der Waals surface area contributed by atoms with Crippen LogP contribution in [0.4, 0.5) is 13.2 Å². The summed E-state index contributed by atoms with van der Waals surface area (Å²) in [6.07, 6.45) is 2.17. The lowest BCUT2D eigenvalue weighted by Gasteiger charge is -2.04. The zero-order valence-electron chi connectivity index (χ0n) is 11.6. The normalized spacial score (nSPS) is 12.4.